The molecule has 0 saturated heterocycles. The number of hydrogen-bond donors (Lipinski definition) is 2. The highest BCUT2D eigenvalue weighted by atomic mass is 16.1. The maximum atomic E-state index is 12.0. The summed E-state index contributed by atoms with van der Waals surface area (Å²) < 4.78 is 2.12. The monoisotopic (exact) mass is 207 g/mol. The van der Waals surface area contributed by atoms with Crippen LogP contribution in [0.4, 0.5) is 0 Å². The van der Waals surface area contributed by atoms with E-state index >= 15 is 0 Å². The number of fused-ring (bicyclic) bond motifs is 1. The van der Waals surface area contributed by atoms with Gasteiger partial charge in [0.25, 0.3) is 0 Å². The first-order valence-corrected chi connectivity index (χ1v) is 5.34. The van der Waals surface area contributed by atoms with Crippen molar-refractivity contribution in [1.82, 2.24) is 15.2 Å². The smallest absolute Gasteiger partial charge is 0.195 e. The fraction of sp³-hybridized carbons (Fsp3) is 0.545. The molecule has 4 nitrogen and oxygen atoms in total. The normalized spacial score (nSPS) is 17.2. The number of carbonyl (C=O) groups excluding carboxylic acids is 1. The van der Waals surface area contributed by atoms with Crippen molar-refractivity contribution in [3.8, 4) is 0 Å². The van der Waals surface area contributed by atoms with Crippen LogP contribution in [0.25, 0.3) is 0 Å². The SMILES string of the molecule is CNC(C)C(=O)c1ccc2n1CCNC2. The van der Waals surface area contributed by atoms with Crippen molar-refractivity contribution in [3.05, 3.63) is 23.5 Å². The summed E-state index contributed by atoms with van der Waals surface area (Å²) in [6.07, 6.45) is 0. The van der Waals surface area contributed by atoms with Gasteiger partial charge in [-0.15, -0.1) is 0 Å². The number of carbonyl (C=O) groups is 1. The minimum Gasteiger partial charge on any atom is -0.340 e. The average molecular weight is 207 g/mol. The van der Waals surface area contributed by atoms with Crippen molar-refractivity contribution in [2.75, 3.05) is 13.6 Å². The minimum absolute atomic E-state index is 0.112. The van der Waals surface area contributed by atoms with E-state index in [-0.39, 0.29) is 11.8 Å². The zero-order valence-electron chi connectivity index (χ0n) is 9.21. The molecule has 4 heteroatoms. The van der Waals surface area contributed by atoms with Crippen LogP contribution in [0.15, 0.2) is 12.1 Å². The van der Waals surface area contributed by atoms with E-state index in [1.54, 1.807) is 0 Å². The van der Waals surface area contributed by atoms with Crippen molar-refractivity contribution < 1.29 is 4.79 Å². The Morgan fingerprint density at radius 3 is 3.13 bits per heavy atom. The van der Waals surface area contributed by atoms with E-state index in [9.17, 15) is 4.79 Å². The molecule has 15 heavy (non-hydrogen) atoms. The van der Waals surface area contributed by atoms with E-state index in [4.69, 9.17) is 0 Å². The predicted octanol–water partition coefficient (Wildman–Crippen LogP) is 0.382. The summed E-state index contributed by atoms with van der Waals surface area (Å²) in [5.41, 5.74) is 2.03. The molecule has 0 aliphatic carbocycles. The minimum atomic E-state index is -0.112. The Balaban J connectivity index is 2.28. The van der Waals surface area contributed by atoms with E-state index < -0.39 is 0 Å². The van der Waals surface area contributed by atoms with Crippen LogP contribution in [0.3, 0.4) is 0 Å². The largest absolute Gasteiger partial charge is 0.340 e. The van der Waals surface area contributed by atoms with Crippen molar-refractivity contribution in [2.24, 2.45) is 0 Å². The Labute approximate surface area is 89.7 Å². The van der Waals surface area contributed by atoms with E-state index in [1.165, 1.54) is 5.69 Å². The predicted molar refractivity (Wildman–Crippen MR) is 59.0 cm³/mol. The molecule has 2 N–H and O–H groups in total. The van der Waals surface area contributed by atoms with Gasteiger partial charge in [0, 0.05) is 25.3 Å². The second-order valence-electron chi connectivity index (χ2n) is 3.91. The molecular weight excluding hydrogens is 190 g/mol. The summed E-state index contributed by atoms with van der Waals surface area (Å²) in [5, 5.41) is 6.27. The zero-order valence-corrected chi connectivity index (χ0v) is 9.21. The lowest BCUT2D eigenvalue weighted by Gasteiger charge is -2.19. The van der Waals surface area contributed by atoms with Crippen LogP contribution in [0.5, 0.6) is 0 Å². The van der Waals surface area contributed by atoms with Crippen LogP contribution in [0.1, 0.15) is 23.1 Å². The summed E-state index contributed by atoms with van der Waals surface area (Å²) in [6, 6.07) is 3.85. The molecule has 82 valence electrons. The van der Waals surface area contributed by atoms with Gasteiger partial charge in [-0.3, -0.25) is 4.79 Å². The maximum Gasteiger partial charge on any atom is 0.195 e. The van der Waals surface area contributed by atoms with Crippen LogP contribution in [0.2, 0.25) is 0 Å². The molecule has 1 atom stereocenters. The molecule has 1 aromatic rings. The third kappa shape index (κ3) is 1.82. The van der Waals surface area contributed by atoms with Gasteiger partial charge in [0.05, 0.1) is 11.7 Å². The van der Waals surface area contributed by atoms with Crippen LogP contribution < -0.4 is 10.6 Å². The molecular formula is C11H17N3O. The quantitative estimate of drug-likeness (QED) is 0.704. The van der Waals surface area contributed by atoms with Crippen LogP contribution in [0, 0.1) is 0 Å². The number of likely N-dealkylation sites (N-methyl/N-ethyl adjacent to an activating group) is 1. The lowest BCUT2D eigenvalue weighted by Crippen LogP contribution is -2.35. The topological polar surface area (TPSA) is 46.1 Å². The standard InChI is InChI=1S/C11H17N3O/c1-8(12-2)11(15)10-4-3-9-7-13-5-6-14(9)10/h3-4,8,12-13H,5-7H2,1-2H3. The van der Waals surface area contributed by atoms with Gasteiger partial charge in [-0.2, -0.15) is 0 Å². The summed E-state index contributed by atoms with van der Waals surface area (Å²) in [7, 11) is 1.81. The number of Topliss-reactive ketones (excluding diaryl/α,β-unsaturated/α-hetero) is 1. The second kappa shape index (κ2) is 4.16. The van der Waals surface area contributed by atoms with E-state index in [0.717, 1.165) is 25.3 Å². The molecule has 1 aliphatic rings. The van der Waals surface area contributed by atoms with Gasteiger partial charge in [-0.1, -0.05) is 0 Å². The Kier molecular flexibility index (Phi) is 2.88. The highest BCUT2D eigenvalue weighted by molar-refractivity contribution is 5.98. The molecule has 0 radical (unpaired) electrons. The first-order valence-electron chi connectivity index (χ1n) is 5.34. The lowest BCUT2D eigenvalue weighted by molar-refractivity contribution is 0.0945. The van der Waals surface area contributed by atoms with Crippen molar-refractivity contribution >= 4 is 5.78 Å². The van der Waals surface area contributed by atoms with Crippen LogP contribution >= 0.6 is 0 Å². The fourth-order valence-electron chi connectivity index (χ4n) is 1.90. The summed E-state index contributed by atoms with van der Waals surface area (Å²) in [4.78, 5) is 12.0. The molecule has 2 heterocycles. The molecule has 0 bridgehead atoms. The van der Waals surface area contributed by atoms with Crippen molar-refractivity contribution in [1.29, 1.82) is 0 Å². The highest BCUT2D eigenvalue weighted by Gasteiger charge is 2.20. The van der Waals surface area contributed by atoms with E-state index in [1.807, 2.05) is 26.1 Å². The Hall–Kier alpha value is -1.13. The van der Waals surface area contributed by atoms with Gasteiger partial charge in [-0.05, 0) is 26.1 Å². The Bertz CT molecular complexity index is 370. The molecule has 1 aromatic heterocycles. The number of rotatable bonds is 3. The lowest BCUT2D eigenvalue weighted by atomic mass is 10.1. The number of nitrogens with zero attached hydrogens (tertiary/aromatic N) is 1. The van der Waals surface area contributed by atoms with Gasteiger partial charge >= 0.3 is 0 Å². The van der Waals surface area contributed by atoms with Gasteiger partial charge in [-0.25, -0.2) is 0 Å². The zero-order chi connectivity index (χ0) is 10.8. The molecule has 1 unspecified atom stereocenters. The summed E-state index contributed by atoms with van der Waals surface area (Å²) >= 11 is 0. The first kappa shape index (κ1) is 10.4. The molecule has 0 amide bonds. The van der Waals surface area contributed by atoms with Crippen LogP contribution in [-0.4, -0.2) is 30.0 Å². The van der Waals surface area contributed by atoms with E-state index in [0.29, 0.717) is 0 Å². The maximum absolute atomic E-state index is 12.0. The first-order chi connectivity index (χ1) is 7.24. The van der Waals surface area contributed by atoms with Crippen molar-refractivity contribution in [3.63, 3.8) is 0 Å². The Morgan fingerprint density at radius 1 is 1.60 bits per heavy atom. The van der Waals surface area contributed by atoms with Gasteiger partial charge in [0.2, 0.25) is 0 Å². The molecule has 1 aliphatic heterocycles. The molecule has 2 rings (SSSR count). The molecule has 0 fully saturated rings. The summed E-state index contributed by atoms with van der Waals surface area (Å²) in [5.74, 6) is 0.172. The third-order valence-electron chi connectivity index (χ3n) is 2.97. The number of hydrogen-bond acceptors (Lipinski definition) is 3. The fourth-order valence-corrected chi connectivity index (χ4v) is 1.90. The van der Waals surface area contributed by atoms with Gasteiger partial charge < -0.3 is 15.2 Å². The highest BCUT2D eigenvalue weighted by Crippen LogP contribution is 2.13. The number of nitrogens with one attached hydrogen (secondary N) is 2. The van der Waals surface area contributed by atoms with Crippen LogP contribution in [-0.2, 0) is 13.1 Å². The number of ketones is 1. The summed E-state index contributed by atoms with van der Waals surface area (Å²) in [6.45, 7) is 4.58. The average Bonchev–Trinajstić information content (AvgIpc) is 2.70. The van der Waals surface area contributed by atoms with Gasteiger partial charge in [0.1, 0.15) is 0 Å². The number of aromatic nitrogens is 1. The molecule has 0 aromatic carbocycles. The van der Waals surface area contributed by atoms with Gasteiger partial charge in [0.15, 0.2) is 5.78 Å². The molecule has 0 spiro atoms. The van der Waals surface area contributed by atoms with Crippen molar-refractivity contribution in [2.45, 2.75) is 26.1 Å². The van der Waals surface area contributed by atoms with E-state index in [2.05, 4.69) is 15.2 Å². The molecule has 0 saturated carbocycles. The third-order valence-corrected chi connectivity index (χ3v) is 2.97. The second-order valence-corrected chi connectivity index (χ2v) is 3.91. The Morgan fingerprint density at radius 2 is 2.40 bits per heavy atom.